The number of imidazole rings is 1. The number of anilines is 1. The van der Waals surface area contributed by atoms with E-state index in [2.05, 4.69) is 26.4 Å². The Kier molecular flexibility index (Phi) is 15.4. The summed E-state index contributed by atoms with van der Waals surface area (Å²) in [6.45, 7) is 9.74. The molecule has 6 aliphatic heterocycles. The zero-order valence-corrected chi connectivity index (χ0v) is 44.8. The standard InChI is InChI=1S/C41H64O14.C10H12N5O6P/c1-19-36(47)28(42)15-34(50-19)54-38-21(3)52-35(17-30(38)44)55-37-20(2)51-33(16-29(37)43)53-24-8-10-39(4)23(13-24)6-7-26-27(39)14-31(45)40(5)25(9-11-41(26,40)48)22-12-32(46)49-18-22;11-8-5-9(13-2-12-8)15(3-14-5)10-6(16)7-4(20-10)1-19-22(17,18)21-7/h12,19-21,23-31,33-38,42-45,47-48H,6-11,13-18H2,1-5H3;2-4,6-7,10,16H,1H2,(H,17,18)(H2,11,12,13)/t19-,20-,21-,23-,24+,25-,26-,27+,28+,29+,30+,31-,33+,34+,35+,36-,37-,38-,39+,40+,41+;4-,6-,7-,10-/m11/s1. The lowest BCUT2D eigenvalue weighted by Gasteiger charge is -2.65. The summed E-state index contributed by atoms with van der Waals surface area (Å²) in [5, 5.41) is 77.2. The van der Waals surface area contributed by atoms with Gasteiger partial charge in [0.25, 0.3) is 0 Å². The molecule has 10 N–H and O–H groups in total. The Morgan fingerprint density at radius 1 is 0.766 bits per heavy atom. The van der Waals surface area contributed by atoms with Crippen molar-refractivity contribution in [3.8, 4) is 0 Å². The molecule has 0 aromatic carbocycles. The quantitative estimate of drug-likeness (QED) is 0.102. The van der Waals surface area contributed by atoms with Crippen LogP contribution in [0.2, 0.25) is 0 Å². The number of hydrogen-bond acceptors (Lipinski definition) is 23. The first-order valence-corrected chi connectivity index (χ1v) is 28.8. The second-order valence-corrected chi connectivity index (χ2v) is 25.2. The van der Waals surface area contributed by atoms with E-state index in [1.165, 1.54) is 17.2 Å². The molecule has 9 fully saturated rings. The highest BCUT2D eigenvalue weighted by Crippen LogP contribution is 2.70. The number of aromatic nitrogens is 4. The molecule has 8 heterocycles. The maximum atomic E-state index is 12.6. The molecule has 2 aromatic rings. The van der Waals surface area contributed by atoms with Crippen molar-refractivity contribution in [2.45, 2.75) is 221 Å². The molecular formula is C51H76N5O20P. The van der Waals surface area contributed by atoms with Gasteiger partial charge in [-0.25, -0.2) is 24.3 Å². The number of phosphoric acid groups is 1. The number of esters is 1. The summed E-state index contributed by atoms with van der Waals surface area (Å²) in [5.41, 5.74) is 5.57. The summed E-state index contributed by atoms with van der Waals surface area (Å²) < 4.78 is 70.2. The fraction of sp³-hybridized carbons (Fsp3) is 0.843. The van der Waals surface area contributed by atoms with E-state index in [4.69, 9.17) is 48.2 Å². The van der Waals surface area contributed by atoms with Crippen LogP contribution in [0.5, 0.6) is 0 Å². The van der Waals surface area contributed by atoms with Gasteiger partial charge in [0.1, 0.15) is 55.1 Å². The van der Waals surface area contributed by atoms with Crippen molar-refractivity contribution in [2.75, 3.05) is 18.9 Å². The molecule has 12 rings (SSSR count). The van der Waals surface area contributed by atoms with Crippen LogP contribution in [0.1, 0.15) is 111 Å². The minimum Gasteiger partial charge on any atom is -0.458 e. The van der Waals surface area contributed by atoms with Crippen molar-refractivity contribution in [1.29, 1.82) is 0 Å². The Morgan fingerprint density at radius 3 is 2.08 bits per heavy atom. The molecule has 2 aromatic heterocycles. The van der Waals surface area contributed by atoms with Crippen LogP contribution < -0.4 is 5.73 Å². The minimum atomic E-state index is -4.16. The normalized spacial score (nSPS) is 50.6. The highest BCUT2D eigenvalue weighted by molar-refractivity contribution is 7.47. The number of nitrogen functional groups attached to an aromatic ring is 1. The van der Waals surface area contributed by atoms with Gasteiger partial charge in [-0.2, -0.15) is 0 Å². The highest BCUT2D eigenvalue weighted by Gasteiger charge is 2.71. The molecule has 26 heteroatoms. The third-order valence-electron chi connectivity index (χ3n) is 19.6. The van der Waals surface area contributed by atoms with Gasteiger partial charge in [-0.15, -0.1) is 0 Å². The van der Waals surface area contributed by atoms with E-state index in [1.807, 2.05) is 13.8 Å². The fourth-order valence-corrected chi connectivity index (χ4v) is 16.3. The summed E-state index contributed by atoms with van der Waals surface area (Å²) in [5.74, 6) is 0.406. The fourth-order valence-electron chi connectivity index (χ4n) is 15.4. The van der Waals surface area contributed by atoms with Crippen molar-refractivity contribution in [2.24, 2.45) is 34.5 Å². The maximum absolute atomic E-state index is 12.6. The average molecular weight is 1110 g/mol. The van der Waals surface area contributed by atoms with Crippen molar-refractivity contribution < 1.29 is 96.9 Å². The van der Waals surface area contributed by atoms with Crippen LogP contribution in [0, 0.1) is 34.5 Å². The molecule has 430 valence electrons. The molecule has 4 saturated carbocycles. The van der Waals surface area contributed by atoms with Crippen molar-refractivity contribution in [3.63, 3.8) is 0 Å². The Morgan fingerprint density at radius 2 is 1.43 bits per heavy atom. The average Bonchev–Trinajstić information content (AvgIpc) is 4.32. The number of aliphatic hydroxyl groups is 7. The molecule has 4 aliphatic carbocycles. The van der Waals surface area contributed by atoms with Gasteiger partial charge in [-0.1, -0.05) is 13.8 Å². The van der Waals surface area contributed by atoms with E-state index in [0.29, 0.717) is 29.9 Å². The lowest BCUT2D eigenvalue weighted by atomic mass is 9.42. The van der Waals surface area contributed by atoms with Crippen LogP contribution in [0.3, 0.4) is 0 Å². The second-order valence-electron chi connectivity index (χ2n) is 23.8. The molecule has 0 amide bonds. The maximum Gasteiger partial charge on any atom is 0.472 e. The van der Waals surface area contributed by atoms with Gasteiger partial charge in [0.2, 0.25) is 0 Å². The number of carbonyl (C=O) groups is 1. The Labute approximate surface area is 445 Å². The molecular weight excluding hydrogens is 1030 g/mol. The summed E-state index contributed by atoms with van der Waals surface area (Å²) >= 11 is 0. The number of aliphatic hydroxyl groups excluding tert-OH is 6. The minimum absolute atomic E-state index is 0.0452. The summed E-state index contributed by atoms with van der Waals surface area (Å²) in [4.78, 5) is 33.3. The second kappa shape index (κ2) is 21.1. The number of rotatable bonds is 8. The van der Waals surface area contributed by atoms with Gasteiger partial charge in [0.15, 0.2) is 36.6 Å². The monoisotopic (exact) mass is 1110 g/mol. The zero-order valence-electron chi connectivity index (χ0n) is 43.9. The first-order valence-electron chi connectivity index (χ1n) is 27.3. The third kappa shape index (κ3) is 10.0. The van der Waals surface area contributed by atoms with E-state index >= 15 is 0 Å². The summed E-state index contributed by atoms with van der Waals surface area (Å²) in [6.07, 6.45) is -2.58. The van der Waals surface area contributed by atoms with Gasteiger partial charge >= 0.3 is 13.8 Å². The highest BCUT2D eigenvalue weighted by atomic mass is 31.2. The van der Waals surface area contributed by atoms with Crippen molar-refractivity contribution in [3.05, 3.63) is 24.3 Å². The number of nitrogens with zero attached hydrogens (tertiary/aromatic N) is 4. The van der Waals surface area contributed by atoms with Crippen molar-refractivity contribution >= 4 is 30.8 Å². The predicted molar refractivity (Wildman–Crippen MR) is 263 cm³/mol. The van der Waals surface area contributed by atoms with Gasteiger partial charge in [-0.05, 0) is 107 Å². The van der Waals surface area contributed by atoms with Crippen LogP contribution in [0.15, 0.2) is 24.3 Å². The van der Waals surface area contributed by atoms with Gasteiger partial charge < -0.3 is 84.3 Å². The number of cyclic esters (lactones) is 1. The lowest BCUT2D eigenvalue weighted by molar-refractivity contribution is -0.336. The Bertz CT molecular complexity index is 2530. The molecule has 0 bridgehead atoms. The van der Waals surface area contributed by atoms with E-state index in [1.54, 1.807) is 19.9 Å². The number of fused-ring (bicyclic) bond motifs is 7. The first kappa shape index (κ1) is 56.0. The predicted octanol–water partition coefficient (Wildman–Crippen LogP) is 1.40. The summed E-state index contributed by atoms with van der Waals surface area (Å²) in [7, 11) is -4.16. The SMILES string of the molecule is C[C@H]1O[C@@H](O[C@H]2[C@@H](O)C[C@H](O[C@H]3[C@@H](O)C[C@H](O[C@H]4CC[C@@]5(C)[C@H](CC[C@@H]6[C@@H]5C[C@@H](O)[C@]5(C)[C@@H](C7=CC(=O)OC7)CC[C@]65O)C4)O[C@@H]3C)O[C@@H]2C)C[C@H](O)[C@@H]1O.Nc1ncnc2c1ncn2[C@@H]1O[C@@H]2COP(=O)(O)O[C@H]2[C@H]1O. The smallest absolute Gasteiger partial charge is 0.458 e. The molecule has 5 saturated heterocycles. The first-order chi connectivity index (χ1) is 36.5. The number of ether oxygens (including phenoxy) is 8. The number of nitrogens with two attached hydrogens (primary N) is 1. The topological polar surface area (TPSA) is 358 Å². The molecule has 10 aliphatic rings. The Balaban J connectivity index is 0.000000237. The number of phosphoric ester groups is 1. The van der Waals surface area contributed by atoms with Crippen LogP contribution in [-0.4, -0.2) is 189 Å². The molecule has 77 heavy (non-hydrogen) atoms. The van der Waals surface area contributed by atoms with Crippen LogP contribution in [0.4, 0.5) is 5.82 Å². The van der Waals surface area contributed by atoms with E-state index in [9.17, 15) is 50.0 Å². The van der Waals surface area contributed by atoms with Crippen molar-refractivity contribution in [1.82, 2.24) is 19.5 Å². The zero-order chi connectivity index (χ0) is 54.7. The number of carbonyl (C=O) groups excluding carboxylic acids is 1. The van der Waals surface area contributed by atoms with Crippen LogP contribution in [0.25, 0.3) is 11.2 Å². The molecule has 25 nitrogen and oxygen atoms in total. The van der Waals surface area contributed by atoms with E-state index < -0.39 is 123 Å². The Hall–Kier alpha value is -2.89. The van der Waals surface area contributed by atoms with Gasteiger partial charge in [-0.3, -0.25) is 13.6 Å². The van der Waals surface area contributed by atoms with E-state index in [0.717, 1.165) is 44.1 Å². The van der Waals surface area contributed by atoms with E-state index in [-0.39, 0.29) is 73.5 Å². The largest absolute Gasteiger partial charge is 0.472 e. The lowest BCUT2D eigenvalue weighted by Crippen LogP contribution is -2.67. The molecule has 1 unspecified atom stereocenters. The molecule has 0 spiro atoms. The van der Waals surface area contributed by atoms with Crippen LogP contribution >= 0.6 is 7.82 Å². The third-order valence-corrected chi connectivity index (χ3v) is 20.6. The number of hydrogen-bond donors (Lipinski definition) is 9. The van der Waals surface area contributed by atoms with Gasteiger partial charge in [0.05, 0.1) is 67.4 Å². The van der Waals surface area contributed by atoms with Crippen LogP contribution in [-0.2, 0) is 56.3 Å². The summed E-state index contributed by atoms with van der Waals surface area (Å²) in [6, 6.07) is 0. The van der Waals surface area contributed by atoms with Gasteiger partial charge in [0, 0.05) is 30.8 Å². The molecule has 0 radical (unpaired) electrons. The molecule has 26 atom stereocenters.